The predicted molar refractivity (Wildman–Crippen MR) is 123 cm³/mol. The van der Waals surface area contributed by atoms with E-state index in [0.717, 1.165) is 30.5 Å². The first-order valence-corrected chi connectivity index (χ1v) is 10.3. The number of hydrogen-bond donors (Lipinski definition) is 1. The summed E-state index contributed by atoms with van der Waals surface area (Å²) in [5.41, 5.74) is 3.42. The number of carbonyl (C=O) groups excluding carboxylic acids is 1. The molecule has 0 aliphatic heterocycles. The van der Waals surface area contributed by atoms with Crippen LogP contribution in [0.25, 0.3) is 0 Å². The van der Waals surface area contributed by atoms with Crippen molar-refractivity contribution in [2.45, 2.75) is 19.3 Å². The fourth-order valence-electron chi connectivity index (χ4n) is 3.14. The van der Waals surface area contributed by atoms with Gasteiger partial charge < -0.3 is 10.1 Å². The standard InChI is InChI=1S/C23H20Cl2N2O4/c1-31-23(28)19-14-18(27(29)30)10-12-22(19)26-17-8-5-15(6-9-17)3-2-4-16-7-11-20(24)21(25)13-16/h5-14,26H,2-4H2,1H3. The highest BCUT2D eigenvalue weighted by molar-refractivity contribution is 6.42. The second kappa shape index (κ2) is 10.3. The third kappa shape index (κ3) is 5.96. The zero-order valence-corrected chi connectivity index (χ0v) is 18.2. The highest BCUT2D eigenvalue weighted by Crippen LogP contribution is 2.27. The maximum Gasteiger partial charge on any atom is 0.340 e. The van der Waals surface area contributed by atoms with Gasteiger partial charge in [0.05, 0.1) is 33.3 Å². The molecule has 1 N–H and O–H groups in total. The summed E-state index contributed by atoms with van der Waals surface area (Å²) in [6.45, 7) is 0. The Kier molecular flexibility index (Phi) is 7.50. The number of halogens is 2. The van der Waals surface area contributed by atoms with Crippen molar-refractivity contribution in [2.24, 2.45) is 0 Å². The summed E-state index contributed by atoms with van der Waals surface area (Å²) >= 11 is 12.0. The number of non-ortho nitro benzene ring substituents is 1. The van der Waals surface area contributed by atoms with Gasteiger partial charge in [0.25, 0.3) is 5.69 Å². The number of anilines is 2. The topological polar surface area (TPSA) is 81.5 Å². The van der Waals surface area contributed by atoms with Gasteiger partial charge in [-0.1, -0.05) is 41.4 Å². The molecule has 8 heteroatoms. The zero-order chi connectivity index (χ0) is 22.4. The number of aryl methyl sites for hydroxylation is 2. The maximum atomic E-state index is 12.0. The van der Waals surface area contributed by atoms with Gasteiger partial charge >= 0.3 is 5.97 Å². The molecule has 0 heterocycles. The average molecular weight is 459 g/mol. The summed E-state index contributed by atoms with van der Waals surface area (Å²) in [4.78, 5) is 22.5. The van der Waals surface area contributed by atoms with E-state index in [0.29, 0.717) is 15.7 Å². The van der Waals surface area contributed by atoms with Gasteiger partial charge in [-0.05, 0) is 60.7 Å². The van der Waals surface area contributed by atoms with E-state index in [1.165, 1.54) is 30.9 Å². The largest absolute Gasteiger partial charge is 0.465 e. The summed E-state index contributed by atoms with van der Waals surface area (Å²) in [7, 11) is 1.23. The molecule has 0 spiro atoms. The Morgan fingerprint density at radius 2 is 1.65 bits per heavy atom. The second-order valence-corrected chi connectivity index (χ2v) is 7.72. The van der Waals surface area contributed by atoms with Crippen LogP contribution in [0.2, 0.25) is 10.0 Å². The molecule has 3 rings (SSSR count). The highest BCUT2D eigenvalue weighted by Gasteiger charge is 2.17. The first-order chi connectivity index (χ1) is 14.9. The third-order valence-electron chi connectivity index (χ3n) is 4.77. The molecule has 6 nitrogen and oxygen atoms in total. The Morgan fingerprint density at radius 1 is 0.968 bits per heavy atom. The number of nitro benzene ring substituents is 1. The molecule has 0 radical (unpaired) electrons. The van der Waals surface area contributed by atoms with Gasteiger partial charge in [-0.2, -0.15) is 0 Å². The van der Waals surface area contributed by atoms with Crippen LogP contribution in [-0.2, 0) is 17.6 Å². The molecular weight excluding hydrogens is 439 g/mol. The SMILES string of the molecule is COC(=O)c1cc([N+](=O)[O-])ccc1Nc1ccc(CCCc2ccc(Cl)c(Cl)c2)cc1. The van der Waals surface area contributed by atoms with Crippen molar-refractivity contribution in [1.29, 1.82) is 0 Å². The number of nitrogens with one attached hydrogen (secondary N) is 1. The minimum atomic E-state index is -0.648. The Bertz CT molecular complexity index is 1100. The fourth-order valence-corrected chi connectivity index (χ4v) is 3.46. The summed E-state index contributed by atoms with van der Waals surface area (Å²) in [6, 6.07) is 17.5. The molecule has 0 unspecified atom stereocenters. The zero-order valence-electron chi connectivity index (χ0n) is 16.7. The van der Waals surface area contributed by atoms with E-state index in [1.807, 2.05) is 36.4 Å². The molecule has 0 aliphatic carbocycles. The number of rotatable bonds is 8. The lowest BCUT2D eigenvalue weighted by atomic mass is 10.0. The maximum absolute atomic E-state index is 12.0. The molecule has 3 aromatic rings. The molecule has 0 atom stereocenters. The van der Waals surface area contributed by atoms with Crippen molar-refractivity contribution in [3.05, 3.63) is 97.5 Å². The Hall–Kier alpha value is -3.09. The van der Waals surface area contributed by atoms with E-state index < -0.39 is 10.9 Å². The lowest BCUT2D eigenvalue weighted by Crippen LogP contribution is -2.06. The number of nitro groups is 1. The molecule has 0 fully saturated rings. The minimum Gasteiger partial charge on any atom is -0.465 e. The van der Waals surface area contributed by atoms with Gasteiger partial charge in [0.1, 0.15) is 0 Å². The second-order valence-electron chi connectivity index (χ2n) is 6.90. The van der Waals surface area contributed by atoms with Gasteiger partial charge in [0.2, 0.25) is 0 Å². The van der Waals surface area contributed by atoms with Crippen molar-refractivity contribution in [2.75, 3.05) is 12.4 Å². The number of esters is 1. The Labute approximate surface area is 189 Å². The first kappa shape index (κ1) is 22.6. The van der Waals surface area contributed by atoms with Crippen LogP contribution in [0.4, 0.5) is 17.1 Å². The molecule has 31 heavy (non-hydrogen) atoms. The van der Waals surface area contributed by atoms with Crippen LogP contribution in [0.3, 0.4) is 0 Å². The molecule has 0 aliphatic rings. The van der Waals surface area contributed by atoms with E-state index in [1.54, 1.807) is 6.07 Å². The van der Waals surface area contributed by atoms with E-state index in [9.17, 15) is 14.9 Å². The lowest BCUT2D eigenvalue weighted by molar-refractivity contribution is -0.384. The van der Waals surface area contributed by atoms with Gasteiger partial charge in [-0.3, -0.25) is 10.1 Å². The summed E-state index contributed by atoms with van der Waals surface area (Å²) in [6.07, 6.45) is 2.74. The van der Waals surface area contributed by atoms with E-state index >= 15 is 0 Å². The number of methoxy groups -OCH3 is 1. The smallest absolute Gasteiger partial charge is 0.340 e. The molecule has 3 aromatic carbocycles. The number of benzene rings is 3. The normalized spacial score (nSPS) is 10.5. The van der Waals surface area contributed by atoms with Crippen LogP contribution in [0, 0.1) is 10.1 Å². The molecular formula is C23H20Cl2N2O4. The quantitative estimate of drug-likeness (QED) is 0.233. The van der Waals surface area contributed by atoms with Crippen molar-refractivity contribution in [3.8, 4) is 0 Å². The van der Waals surface area contributed by atoms with Gasteiger partial charge in [-0.15, -0.1) is 0 Å². The summed E-state index contributed by atoms with van der Waals surface area (Å²) in [5.74, 6) is -0.648. The third-order valence-corrected chi connectivity index (χ3v) is 5.51. The van der Waals surface area contributed by atoms with Crippen LogP contribution >= 0.6 is 23.2 Å². The van der Waals surface area contributed by atoms with Crippen LogP contribution in [0.1, 0.15) is 27.9 Å². The van der Waals surface area contributed by atoms with E-state index in [-0.39, 0.29) is 11.3 Å². The highest BCUT2D eigenvalue weighted by atomic mass is 35.5. The van der Waals surface area contributed by atoms with Crippen molar-refractivity contribution < 1.29 is 14.5 Å². The molecule has 0 saturated heterocycles. The van der Waals surface area contributed by atoms with Gasteiger partial charge in [0, 0.05) is 17.8 Å². The summed E-state index contributed by atoms with van der Waals surface area (Å²) < 4.78 is 4.75. The number of ether oxygens (including phenoxy) is 1. The monoisotopic (exact) mass is 458 g/mol. The van der Waals surface area contributed by atoms with Crippen LogP contribution < -0.4 is 5.32 Å². The van der Waals surface area contributed by atoms with E-state index in [2.05, 4.69) is 5.32 Å². The Morgan fingerprint density at radius 3 is 2.29 bits per heavy atom. The number of nitrogens with zero attached hydrogens (tertiary/aromatic N) is 1. The lowest BCUT2D eigenvalue weighted by Gasteiger charge is -2.11. The predicted octanol–water partition coefficient (Wildman–Crippen LogP) is 6.61. The van der Waals surface area contributed by atoms with Crippen molar-refractivity contribution in [3.63, 3.8) is 0 Å². The molecule has 0 saturated carbocycles. The Balaban J connectivity index is 1.64. The van der Waals surface area contributed by atoms with Crippen molar-refractivity contribution >= 4 is 46.2 Å². The molecule has 0 aromatic heterocycles. The number of hydrogen-bond acceptors (Lipinski definition) is 5. The minimum absolute atomic E-state index is 0.0994. The average Bonchev–Trinajstić information content (AvgIpc) is 2.77. The van der Waals surface area contributed by atoms with Crippen LogP contribution in [0.5, 0.6) is 0 Å². The van der Waals surface area contributed by atoms with E-state index in [4.69, 9.17) is 27.9 Å². The molecule has 0 bridgehead atoms. The molecule has 160 valence electrons. The van der Waals surface area contributed by atoms with Crippen LogP contribution in [-0.4, -0.2) is 18.0 Å². The van der Waals surface area contributed by atoms with Gasteiger partial charge in [-0.25, -0.2) is 4.79 Å². The fraction of sp³-hybridized carbons (Fsp3) is 0.174. The van der Waals surface area contributed by atoms with Crippen LogP contribution in [0.15, 0.2) is 60.7 Å². The van der Waals surface area contributed by atoms with Gasteiger partial charge in [0.15, 0.2) is 0 Å². The molecule has 0 amide bonds. The first-order valence-electron chi connectivity index (χ1n) is 9.54. The summed E-state index contributed by atoms with van der Waals surface area (Å²) in [5, 5.41) is 15.2. The van der Waals surface area contributed by atoms with Crippen molar-refractivity contribution in [1.82, 2.24) is 0 Å². The number of carbonyl (C=O) groups is 1.